The van der Waals surface area contributed by atoms with Gasteiger partial charge in [-0.1, -0.05) is 11.6 Å². The SMILES string of the molecule is Cc1cc(N(CCO)CCO)ccc1/N=N/c1ccc(S(=O)(=O)NCCCl)cc1Cl. The predicted molar refractivity (Wildman–Crippen MR) is 119 cm³/mol. The van der Waals surface area contributed by atoms with Gasteiger partial charge in [0.2, 0.25) is 10.0 Å². The second kappa shape index (κ2) is 11.6. The minimum atomic E-state index is -3.69. The van der Waals surface area contributed by atoms with Gasteiger partial charge in [0.25, 0.3) is 0 Å². The molecule has 2 aromatic carbocycles. The van der Waals surface area contributed by atoms with E-state index in [9.17, 15) is 18.6 Å². The zero-order valence-corrected chi connectivity index (χ0v) is 18.8. The number of halogens is 2. The summed E-state index contributed by atoms with van der Waals surface area (Å²) < 4.78 is 26.6. The topological polar surface area (TPSA) is 115 Å². The van der Waals surface area contributed by atoms with Crippen molar-refractivity contribution >= 4 is 50.3 Å². The van der Waals surface area contributed by atoms with Gasteiger partial charge in [-0.2, -0.15) is 5.11 Å². The molecule has 0 bridgehead atoms. The highest BCUT2D eigenvalue weighted by Gasteiger charge is 2.15. The van der Waals surface area contributed by atoms with E-state index < -0.39 is 10.0 Å². The Morgan fingerprint density at radius 2 is 1.67 bits per heavy atom. The monoisotopic (exact) mass is 474 g/mol. The van der Waals surface area contributed by atoms with Gasteiger partial charge in [0.1, 0.15) is 5.69 Å². The Balaban J connectivity index is 2.21. The van der Waals surface area contributed by atoms with Crippen LogP contribution in [0.1, 0.15) is 5.56 Å². The zero-order chi connectivity index (χ0) is 22.1. The molecule has 11 heteroatoms. The number of azo groups is 1. The molecule has 0 unspecified atom stereocenters. The van der Waals surface area contributed by atoms with E-state index in [1.807, 2.05) is 24.0 Å². The van der Waals surface area contributed by atoms with Crippen LogP contribution < -0.4 is 9.62 Å². The van der Waals surface area contributed by atoms with Crippen LogP contribution in [0, 0.1) is 6.92 Å². The smallest absolute Gasteiger partial charge is 0.240 e. The van der Waals surface area contributed by atoms with Gasteiger partial charge in [-0.25, -0.2) is 13.1 Å². The first kappa shape index (κ1) is 24.5. The third-order valence-electron chi connectivity index (χ3n) is 4.17. The number of hydrogen-bond donors (Lipinski definition) is 3. The summed E-state index contributed by atoms with van der Waals surface area (Å²) in [6.07, 6.45) is 0. The summed E-state index contributed by atoms with van der Waals surface area (Å²) in [4.78, 5) is 1.88. The van der Waals surface area contributed by atoms with Crippen molar-refractivity contribution in [2.75, 3.05) is 43.6 Å². The Morgan fingerprint density at radius 3 is 2.23 bits per heavy atom. The zero-order valence-electron chi connectivity index (χ0n) is 16.4. The summed E-state index contributed by atoms with van der Waals surface area (Å²) in [5.74, 6) is 0.162. The number of benzene rings is 2. The molecule has 0 aliphatic carbocycles. The molecule has 0 aromatic heterocycles. The quantitative estimate of drug-likeness (QED) is 0.341. The lowest BCUT2D eigenvalue weighted by Gasteiger charge is -2.23. The molecular formula is C19H24Cl2N4O4S. The standard InChI is InChI=1S/C19H24Cl2N4O4S/c1-14-12-15(25(8-10-26)9-11-27)2-4-18(14)23-24-19-5-3-16(13-17(19)21)30(28,29)22-7-6-20/h2-5,12-13,22,26-27H,6-11H2,1H3/b24-23+. The maximum Gasteiger partial charge on any atom is 0.240 e. The number of rotatable bonds is 11. The first-order chi connectivity index (χ1) is 14.3. The molecule has 0 fully saturated rings. The number of aryl methyl sites for hydroxylation is 1. The highest BCUT2D eigenvalue weighted by molar-refractivity contribution is 7.89. The Bertz CT molecular complexity index is 980. The largest absolute Gasteiger partial charge is 0.395 e. The van der Waals surface area contributed by atoms with Crippen molar-refractivity contribution in [3.63, 3.8) is 0 Å². The molecule has 2 aromatic rings. The van der Waals surface area contributed by atoms with Crippen molar-refractivity contribution in [3.05, 3.63) is 47.0 Å². The van der Waals surface area contributed by atoms with E-state index in [2.05, 4.69) is 15.0 Å². The average molecular weight is 475 g/mol. The number of hydrogen-bond acceptors (Lipinski definition) is 7. The molecule has 0 atom stereocenters. The van der Waals surface area contributed by atoms with Crippen molar-refractivity contribution in [2.45, 2.75) is 11.8 Å². The van der Waals surface area contributed by atoms with E-state index in [1.54, 1.807) is 6.07 Å². The molecule has 0 radical (unpaired) electrons. The predicted octanol–water partition coefficient (Wildman–Crippen LogP) is 3.37. The van der Waals surface area contributed by atoms with Gasteiger partial charge >= 0.3 is 0 Å². The summed E-state index contributed by atoms with van der Waals surface area (Å²) in [6.45, 7) is 2.76. The third kappa shape index (κ3) is 6.63. The van der Waals surface area contributed by atoms with Gasteiger partial charge < -0.3 is 15.1 Å². The summed E-state index contributed by atoms with van der Waals surface area (Å²) in [7, 11) is -3.69. The molecule has 0 saturated carbocycles. The average Bonchev–Trinajstić information content (AvgIpc) is 2.72. The molecule has 0 aliphatic rings. The van der Waals surface area contributed by atoms with E-state index in [1.165, 1.54) is 18.2 Å². The molecule has 164 valence electrons. The summed E-state index contributed by atoms with van der Waals surface area (Å²) in [6, 6.07) is 9.68. The lowest BCUT2D eigenvalue weighted by molar-refractivity contribution is 0.281. The van der Waals surface area contributed by atoms with Gasteiger partial charge in [-0.3, -0.25) is 0 Å². The number of anilines is 1. The number of aliphatic hydroxyl groups excluding tert-OH is 2. The van der Waals surface area contributed by atoms with E-state index >= 15 is 0 Å². The van der Waals surface area contributed by atoms with Crippen LogP contribution in [-0.4, -0.2) is 57.4 Å². The number of aliphatic hydroxyl groups is 2. The molecule has 8 nitrogen and oxygen atoms in total. The van der Waals surface area contributed by atoms with Crippen LogP contribution in [0.4, 0.5) is 17.1 Å². The van der Waals surface area contributed by atoms with Gasteiger partial charge in [-0.15, -0.1) is 16.7 Å². The minimum Gasteiger partial charge on any atom is -0.395 e. The van der Waals surface area contributed by atoms with Crippen molar-refractivity contribution in [2.24, 2.45) is 10.2 Å². The minimum absolute atomic E-state index is 0.0185. The molecule has 30 heavy (non-hydrogen) atoms. The molecule has 0 aliphatic heterocycles. The fraction of sp³-hybridized carbons (Fsp3) is 0.368. The van der Waals surface area contributed by atoms with E-state index in [-0.39, 0.29) is 35.6 Å². The maximum absolute atomic E-state index is 12.1. The second-order valence-electron chi connectivity index (χ2n) is 6.31. The Hall–Kier alpha value is -1.75. The number of nitrogens with zero attached hydrogens (tertiary/aromatic N) is 3. The molecule has 3 N–H and O–H groups in total. The normalized spacial score (nSPS) is 11.9. The van der Waals surface area contributed by atoms with Crippen LogP contribution in [0.3, 0.4) is 0 Å². The molecule has 2 rings (SSSR count). The third-order valence-corrected chi connectivity index (χ3v) is 6.12. The first-order valence-corrected chi connectivity index (χ1v) is 11.6. The van der Waals surface area contributed by atoms with Crippen molar-refractivity contribution in [3.8, 4) is 0 Å². The fourth-order valence-corrected chi connectivity index (χ4v) is 4.21. The Labute approximate surface area is 186 Å². The van der Waals surface area contributed by atoms with Gasteiger partial charge in [-0.05, 0) is 48.9 Å². The lowest BCUT2D eigenvalue weighted by Crippen LogP contribution is -2.29. The summed E-state index contributed by atoms with van der Waals surface area (Å²) in [5.41, 5.74) is 2.64. The van der Waals surface area contributed by atoms with Crippen molar-refractivity contribution < 1.29 is 18.6 Å². The van der Waals surface area contributed by atoms with E-state index in [0.29, 0.717) is 24.5 Å². The van der Waals surface area contributed by atoms with Gasteiger partial charge in [0.15, 0.2) is 0 Å². The maximum atomic E-state index is 12.1. The van der Waals surface area contributed by atoms with Crippen LogP contribution in [0.25, 0.3) is 0 Å². The van der Waals surface area contributed by atoms with Crippen molar-refractivity contribution in [1.29, 1.82) is 0 Å². The highest BCUT2D eigenvalue weighted by Crippen LogP contribution is 2.31. The highest BCUT2D eigenvalue weighted by atomic mass is 35.5. The van der Waals surface area contributed by atoms with Crippen LogP contribution in [-0.2, 0) is 10.0 Å². The van der Waals surface area contributed by atoms with Crippen molar-refractivity contribution in [1.82, 2.24) is 4.72 Å². The molecule has 0 heterocycles. The molecule has 0 saturated heterocycles. The van der Waals surface area contributed by atoms with Crippen LogP contribution in [0.5, 0.6) is 0 Å². The number of sulfonamides is 1. The summed E-state index contributed by atoms with van der Waals surface area (Å²) in [5, 5.41) is 26.9. The lowest BCUT2D eigenvalue weighted by atomic mass is 10.1. The number of nitrogens with one attached hydrogen (secondary N) is 1. The Morgan fingerprint density at radius 1 is 1.03 bits per heavy atom. The van der Waals surface area contributed by atoms with Crippen LogP contribution in [0.2, 0.25) is 5.02 Å². The van der Waals surface area contributed by atoms with E-state index in [0.717, 1.165) is 11.3 Å². The number of alkyl halides is 1. The first-order valence-electron chi connectivity index (χ1n) is 9.16. The molecule has 0 amide bonds. The molecule has 0 spiro atoms. The van der Waals surface area contributed by atoms with E-state index in [4.69, 9.17) is 23.2 Å². The molecular weight excluding hydrogens is 451 g/mol. The second-order valence-corrected chi connectivity index (χ2v) is 8.86. The Kier molecular flexibility index (Phi) is 9.47. The van der Waals surface area contributed by atoms with Crippen LogP contribution in [0.15, 0.2) is 51.5 Å². The summed E-state index contributed by atoms with van der Waals surface area (Å²) >= 11 is 11.7. The van der Waals surface area contributed by atoms with Gasteiger partial charge in [0, 0.05) is 31.2 Å². The van der Waals surface area contributed by atoms with Gasteiger partial charge in [0.05, 0.1) is 28.8 Å². The van der Waals surface area contributed by atoms with Crippen LogP contribution >= 0.6 is 23.2 Å². The fourth-order valence-electron chi connectivity index (χ4n) is 2.66.